The molecule has 4 aliphatic carbocycles. The van der Waals surface area contributed by atoms with E-state index in [0.717, 1.165) is 11.8 Å². The molecule has 0 aromatic heterocycles. The quantitative estimate of drug-likeness (QED) is 0.589. The predicted molar refractivity (Wildman–Crippen MR) is 57.0 cm³/mol. The molecule has 0 radical (unpaired) electrons. The second-order valence-corrected chi connectivity index (χ2v) is 6.79. The summed E-state index contributed by atoms with van der Waals surface area (Å²) < 4.78 is 0.427. The maximum absolute atomic E-state index is 4.94. The van der Waals surface area contributed by atoms with E-state index >= 15 is 0 Å². The van der Waals surface area contributed by atoms with Gasteiger partial charge in [0.15, 0.2) is 0 Å². The lowest BCUT2D eigenvalue weighted by atomic mass is 9.52. The van der Waals surface area contributed by atoms with Crippen molar-refractivity contribution in [3.63, 3.8) is 0 Å². The van der Waals surface area contributed by atoms with E-state index in [1.54, 1.807) is 0 Å². The van der Waals surface area contributed by atoms with Crippen LogP contribution in [-0.2, 0) is 0 Å². The topological polar surface area (TPSA) is 16.6 Å². The molecule has 74 valence electrons. The van der Waals surface area contributed by atoms with Gasteiger partial charge in [-0.25, -0.2) is 0 Å². The van der Waals surface area contributed by atoms with Crippen LogP contribution < -0.4 is 5.32 Å². The van der Waals surface area contributed by atoms with Crippen molar-refractivity contribution < 1.29 is 5.32 Å². The molecule has 13 heavy (non-hydrogen) atoms. The Morgan fingerprint density at radius 1 is 1.15 bits per heavy atom. The molecule has 0 heterocycles. The summed E-state index contributed by atoms with van der Waals surface area (Å²) in [4.78, 5) is 0. The molecule has 0 saturated heterocycles. The number of rotatable bonds is 1. The third-order valence-electron chi connectivity index (χ3n) is 4.69. The van der Waals surface area contributed by atoms with Crippen molar-refractivity contribution in [1.29, 1.82) is 0 Å². The summed E-state index contributed by atoms with van der Waals surface area (Å²) in [6, 6.07) is 0. The highest BCUT2D eigenvalue weighted by molar-refractivity contribution is 7.81. The van der Waals surface area contributed by atoms with Crippen LogP contribution in [0, 0.1) is 11.8 Å². The summed E-state index contributed by atoms with van der Waals surface area (Å²) in [5, 5.41) is 2.50. The Morgan fingerprint density at radius 2 is 1.77 bits per heavy atom. The minimum Gasteiger partial charge on any atom is -0.344 e. The van der Waals surface area contributed by atoms with Gasteiger partial charge in [-0.2, -0.15) is 12.6 Å². The Balaban J connectivity index is 1.95. The van der Waals surface area contributed by atoms with Gasteiger partial charge in [0.05, 0.1) is 12.6 Å². The van der Waals surface area contributed by atoms with Crippen molar-refractivity contribution in [3.05, 3.63) is 0 Å². The van der Waals surface area contributed by atoms with Crippen molar-refractivity contribution >= 4 is 12.6 Å². The van der Waals surface area contributed by atoms with Gasteiger partial charge in [0, 0.05) is 24.0 Å². The highest BCUT2D eigenvalue weighted by Gasteiger charge is 2.58. The molecule has 2 N–H and O–H groups in total. The number of hydrogen-bond donors (Lipinski definition) is 2. The highest BCUT2D eigenvalue weighted by Crippen LogP contribution is 2.58. The standard InChI is InChI=1S/C11H19NS/c1-12-10-3-8-2-9(4-10)6-11(13,5-8)7-10/h8-9,12-13H,2-7H2,1H3/p+1. The molecular formula is C11H20NS+. The smallest absolute Gasteiger partial charge is 0.0977 e. The first-order chi connectivity index (χ1) is 6.13. The molecule has 4 rings (SSSR count). The van der Waals surface area contributed by atoms with E-state index in [-0.39, 0.29) is 0 Å². The number of quaternary nitrogens is 1. The van der Waals surface area contributed by atoms with Crippen LogP contribution in [0.15, 0.2) is 0 Å². The third kappa shape index (κ3) is 1.18. The number of thiol groups is 1. The first-order valence-electron chi connectivity index (χ1n) is 5.66. The minimum absolute atomic E-state index is 0.427. The van der Waals surface area contributed by atoms with Gasteiger partial charge in [-0.15, -0.1) is 0 Å². The van der Waals surface area contributed by atoms with Gasteiger partial charge in [-0.3, -0.25) is 0 Å². The zero-order valence-electron chi connectivity index (χ0n) is 8.42. The normalized spacial score (nSPS) is 58.6. The van der Waals surface area contributed by atoms with E-state index in [9.17, 15) is 0 Å². The van der Waals surface area contributed by atoms with Crippen molar-refractivity contribution in [2.24, 2.45) is 11.8 Å². The Bertz CT molecular complexity index is 224. The van der Waals surface area contributed by atoms with Crippen LogP contribution in [0.4, 0.5) is 0 Å². The van der Waals surface area contributed by atoms with Crippen molar-refractivity contribution in [2.75, 3.05) is 7.05 Å². The first-order valence-corrected chi connectivity index (χ1v) is 6.11. The van der Waals surface area contributed by atoms with Crippen LogP contribution in [0.25, 0.3) is 0 Å². The summed E-state index contributed by atoms with van der Waals surface area (Å²) in [6.07, 6.45) is 8.64. The molecule has 0 aromatic rings. The summed E-state index contributed by atoms with van der Waals surface area (Å²) in [5.41, 5.74) is 0.603. The lowest BCUT2D eigenvalue weighted by Gasteiger charge is -2.58. The fourth-order valence-corrected chi connectivity index (χ4v) is 5.45. The van der Waals surface area contributed by atoms with Crippen LogP contribution in [0.1, 0.15) is 38.5 Å². The zero-order valence-corrected chi connectivity index (χ0v) is 9.32. The molecule has 0 aliphatic heterocycles. The molecule has 4 bridgehead atoms. The second kappa shape index (κ2) is 2.46. The van der Waals surface area contributed by atoms with Crippen LogP contribution in [-0.4, -0.2) is 17.3 Å². The lowest BCUT2D eigenvalue weighted by Crippen LogP contribution is -2.96. The average Bonchev–Trinajstić information content (AvgIpc) is 1.99. The van der Waals surface area contributed by atoms with Gasteiger partial charge in [-0.05, 0) is 31.1 Å². The summed E-state index contributed by atoms with van der Waals surface area (Å²) in [7, 11) is 2.27. The van der Waals surface area contributed by atoms with E-state index in [2.05, 4.69) is 12.4 Å². The highest BCUT2D eigenvalue weighted by atomic mass is 32.1. The van der Waals surface area contributed by atoms with E-state index < -0.39 is 0 Å². The Kier molecular flexibility index (Phi) is 1.63. The Labute approximate surface area is 86.1 Å². The summed E-state index contributed by atoms with van der Waals surface area (Å²) in [6.45, 7) is 0. The van der Waals surface area contributed by atoms with Gasteiger partial charge in [-0.1, -0.05) is 0 Å². The number of hydrogen-bond acceptors (Lipinski definition) is 1. The van der Waals surface area contributed by atoms with E-state index in [0.29, 0.717) is 10.3 Å². The molecule has 0 aromatic carbocycles. The van der Waals surface area contributed by atoms with Crippen LogP contribution in [0.5, 0.6) is 0 Å². The Hall–Kier alpha value is 0.310. The molecule has 0 spiro atoms. The Morgan fingerprint density at radius 3 is 2.23 bits per heavy atom. The summed E-state index contributed by atoms with van der Waals surface area (Å²) >= 11 is 4.94. The van der Waals surface area contributed by atoms with Gasteiger partial charge in [0.1, 0.15) is 0 Å². The predicted octanol–water partition coefficient (Wildman–Crippen LogP) is 1.20. The van der Waals surface area contributed by atoms with E-state index in [4.69, 9.17) is 12.6 Å². The molecule has 2 atom stereocenters. The third-order valence-corrected chi connectivity index (χ3v) is 5.21. The second-order valence-electron chi connectivity index (χ2n) is 5.84. The SMILES string of the molecule is C[NH2+]C12CC3CC(CC(S)(C3)C1)C2. The van der Waals surface area contributed by atoms with Gasteiger partial charge >= 0.3 is 0 Å². The van der Waals surface area contributed by atoms with Crippen molar-refractivity contribution in [1.82, 2.24) is 0 Å². The van der Waals surface area contributed by atoms with Crippen LogP contribution in [0.2, 0.25) is 0 Å². The minimum atomic E-state index is 0.427. The summed E-state index contributed by atoms with van der Waals surface area (Å²) in [5.74, 6) is 2.02. The number of nitrogens with two attached hydrogens (primary N) is 1. The van der Waals surface area contributed by atoms with Gasteiger partial charge < -0.3 is 5.32 Å². The maximum atomic E-state index is 4.94. The molecule has 4 fully saturated rings. The molecule has 2 heteroatoms. The molecule has 4 saturated carbocycles. The van der Waals surface area contributed by atoms with Crippen molar-refractivity contribution in [3.8, 4) is 0 Å². The molecular weight excluding hydrogens is 178 g/mol. The van der Waals surface area contributed by atoms with Gasteiger partial charge in [0.25, 0.3) is 0 Å². The van der Waals surface area contributed by atoms with Crippen LogP contribution in [0.3, 0.4) is 0 Å². The van der Waals surface area contributed by atoms with E-state index in [1.165, 1.54) is 38.5 Å². The van der Waals surface area contributed by atoms with Crippen molar-refractivity contribution in [2.45, 2.75) is 48.8 Å². The molecule has 2 unspecified atom stereocenters. The zero-order chi connectivity index (χ0) is 9.10. The van der Waals surface area contributed by atoms with Crippen LogP contribution >= 0.6 is 12.6 Å². The largest absolute Gasteiger partial charge is 0.344 e. The fraction of sp³-hybridized carbons (Fsp3) is 1.00. The average molecular weight is 198 g/mol. The monoisotopic (exact) mass is 198 g/mol. The molecule has 0 amide bonds. The molecule has 1 nitrogen and oxygen atoms in total. The fourth-order valence-electron chi connectivity index (χ4n) is 4.62. The van der Waals surface area contributed by atoms with E-state index in [1.807, 2.05) is 0 Å². The molecule has 4 aliphatic rings. The maximum Gasteiger partial charge on any atom is 0.0977 e. The van der Waals surface area contributed by atoms with Gasteiger partial charge in [0.2, 0.25) is 0 Å². The lowest BCUT2D eigenvalue weighted by molar-refractivity contribution is -0.715. The first kappa shape index (κ1) is 8.60.